The highest BCUT2D eigenvalue weighted by atomic mass is 79.9. The molecule has 1 aliphatic rings. The van der Waals surface area contributed by atoms with Gasteiger partial charge in [-0.2, -0.15) is 0 Å². The molecule has 0 spiro atoms. The van der Waals surface area contributed by atoms with E-state index in [-0.39, 0.29) is 6.10 Å². The molecule has 19 heavy (non-hydrogen) atoms. The van der Waals surface area contributed by atoms with Crippen LogP contribution >= 0.6 is 27.3 Å². The van der Waals surface area contributed by atoms with E-state index < -0.39 is 6.10 Å². The number of ether oxygens (including phenoxy) is 1. The lowest BCUT2D eigenvalue weighted by molar-refractivity contribution is 0.0656. The van der Waals surface area contributed by atoms with Crippen molar-refractivity contribution >= 4 is 27.3 Å². The lowest BCUT2D eigenvalue weighted by Gasteiger charge is -2.30. The summed E-state index contributed by atoms with van der Waals surface area (Å²) in [5.74, 6) is 0.779. The summed E-state index contributed by atoms with van der Waals surface area (Å²) in [5, 5.41) is 10.3. The van der Waals surface area contributed by atoms with Crippen molar-refractivity contribution in [2.75, 3.05) is 0 Å². The van der Waals surface area contributed by atoms with Crippen molar-refractivity contribution in [3.63, 3.8) is 0 Å². The third-order valence-electron chi connectivity index (χ3n) is 3.47. The molecular weight excluding hydrogens is 324 g/mol. The molecular formula is C15H15BrO2S. The zero-order valence-electron chi connectivity index (χ0n) is 10.8. The minimum atomic E-state index is -0.457. The van der Waals surface area contributed by atoms with E-state index in [1.165, 1.54) is 15.3 Å². The third kappa shape index (κ3) is 2.45. The third-order valence-corrected chi connectivity index (χ3v) is 4.94. The Morgan fingerprint density at radius 1 is 1.26 bits per heavy atom. The Hall–Kier alpha value is -0.840. The van der Waals surface area contributed by atoms with E-state index in [0.717, 1.165) is 15.8 Å². The maximum atomic E-state index is 10.3. The molecule has 0 bridgehead atoms. The highest BCUT2D eigenvalue weighted by Crippen LogP contribution is 2.43. The average Bonchev–Trinajstić information content (AvgIpc) is 2.67. The zero-order chi connectivity index (χ0) is 13.6. The predicted octanol–water partition coefficient (Wildman–Crippen LogP) is 4.68. The summed E-state index contributed by atoms with van der Waals surface area (Å²) in [6.07, 6.45) is 0.106. The van der Waals surface area contributed by atoms with Gasteiger partial charge in [-0.15, -0.1) is 11.3 Å². The van der Waals surface area contributed by atoms with Gasteiger partial charge in [0.15, 0.2) is 0 Å². The number of rotatable bonds is 1. The minimum Gasteiger partial charge on any atom is -0.485 e. The van der Waals surface area contributed by atoms with Crippen LogP contribution in [0.25, 0.3) is 0 Å². The molecule has 2 atom stereocenters. The van der Waals surface area contributed by atoms with Gasteiger partial charge >= 0.3 is 0 Å². The number of halogens is 1. The summed E-state index contributed by atoms with van der Waals surface area (Å²) in [6, 6.07) is 7.96. The van der Waals surface area contributed by atoms with E-state index in [4.69, 9.17) is 4.74 Å². The highest BCUT2D eigenvalue weighted by Gasteiger charge is 2.29. The largest absolute Gasteiger partial charge is 0.485 e. The smallest absolute Gasteiger partial charge is 0.128 e. The van der Waals surface area contributed by atoms with Crippen molar-refractivity contribution in [2.45, 2.75) is 32.5 Å². The first-order valence-corrected chi connectivity index (χ1v) is 7.86. The molecule has 1 aromatic heterocycles. The monoisotopic (exact) mass is 338 g/mol. The van der Waals surface area contributed by atoms with Crippen LogP contribution in [0, 0.1) is 13.8 Å². The van der Waals surface area contributed by atoms with Gasteiger partial charge in [0.05, 0.1) is 6.10 Å². The number of fused-ring (bicyclic) bond motifs is 1. The van der Waals surface area contributed by atoms with Crippen LogP contribution < -0.4 is 4.74 Å². The molecule has 1 aromatic carbocycles. The van der Waals surface area contributed by atoms with Crippen molar-refractivity contribution in [3.05, 3.63) is 49.6 Å². The molecule has 0 saturated heterocycles. The Kier molecular flexibility index (Phi) is 3.41. The minimum absolute atomic E-state index is 0.0539. The number of hydrogen-bond donors (Lipinski definition) is 1. The molecule has 1 unspecified atom stereocenters. The Bertz CT molecular complexity index is 621. The molecule has 2 nitrogen and oxygen atoms in total. The van der Waals surface area contributed by atoms with Gasteiger partial charge in [0.2, 0.25) is 0 Å². The van der Waals surface area contributed by atoms with Crippen LogP contribution in [0.2, 0.25) is 0 Å². The van der Waals surface area contributed by atoms with Crippen LogP contribution in [0.3, 0.4) is 0 Å². The molecule has 4 heteroatoms. The van der Waals surface area contributed by atoms with E-state index in [1.807, 2.05) is 18.2 Å². The average molecular weight is 339 g/mol. The van der Waals surface area contributed by atoms with Gasteiger partial charge < -0.3 is 9.84 Å². The first kappa shape index (κ1) is 13.2. The Morgan fingerprint density at radius 3 is 2.74 bits per heavy atom. The standard InChI is InChI=1S/C15H15BrO2S/c1-8-5-12(9(2)19-8)15-7-13(17)11-4-3-10(16)6-14(11)18-15/h3-6,13,15,17H,7H2,1-2H3/t13-,15?/m1/s1. The Balaban J connectivity index is 1.98. The maximum Gasteiger partial charge on any atom is 0.128 e. The van der Waals surface area contributed by atoms with Crippen LogP contribution in [0.5, 0.6) is 5.75 Å². The Labute approximate surface area is 125 Å². The van der Waals surface area contributed by atoms with Gasteiger partial charge in [0.25, 0.3) is 0 Å². The van der Waals surface area contributed by atoms with E-state index in [9.17, 15) is 5.11 Å². The van der Waals surface area contributed by atoms with Crippen LogP contribution in [0.4, 0.5) is 0 Å². The molecule has 0 amide bonds. The number of aliphatic hydroxyl groups is 1. The zero-order valence-corrected chi connectivity index (χ0v) is 13.2. The summed E-state index contributed by atoms with van der Waals surface area (Å²) < 4.78 is 7.05. The lowest BCUT2D eigenvalue weighted by atomic mass is 9.95. The first-order chi connectivity index (χ1) is 9.04. The van der Waals surface area contributed by atoms with Crippen LogP contribution in [-0.4, -0.2) is 5.11 Å². The second-order valence-corrected chi connectivity index (χ2v) is 7.28. The van der Waals surface area contributed by atoms with E-state index in [0.29, 0.717) is 6.42 Å². The van der Waals surface area contributed by atoms with Crippen molar-refractivity contribution in [1.29, 1.82) is 0 Å². The van der Waals surface area contributed by atoms with Crippen LogP contribution in [0.15, 0.2) is 28.7 Å². The number of hydrogen-bond acceptors (Lipinski definition) is 3. The molecule has 2 aromatic rings. The van der Waals surface area contributed by atoms with Gasteiger partial charge in [0.1, 0.15) is 11.9 Å². The van der Waals surface area contributed by atoms with Crippen molar-refractivity contribution < 1.29 is 9.84 Å². The van der Waals surface area contributed by atoms with Crippen molar-refractivity contribution in [2.24, 2.45) is 0 Å². The summed E-state index contributed by atoms with van der Waals surface area (Å²) in [7, 11) is 0. The van der Waals surface area contributed by atoms with E-state index in [2.05, 4.69) is 35.8 Å². The summed E-state index contributed by atoms with van der Waals surface area (Å²) >= 11 is 5.22. The molecule has 1 aliphatic heterocycles. The highest BCUT2D eigenvalue weighted by molar-refractivity contribution is 9.10. The molecule has 100 valence electrons. The van der Waals surface area contributed by atoms with E-state index >= 15 is 0 Å². The number of aryl methyl sites for hydroxylation is 2. The summed E-state index contributed by atoms with van der Waals surface area (Å²) in [6.45, 7) is 4.21. The van der Waals surface area contributed by atoms with Gasteiger partial charge in [-0.3, -0.25) is 0 Å². The number of aliphatic hydroxyl groups excluding tert-OH is 1. The first-order valence-electron chi connectivity index (χ1n) is 6.25. The quantitative estimate of drug-likeness (QED) is 0.817. The molecule has 2 heterocycles. The van der Waals surface area contributed by atoms with Gasteiger partial charge in [-0.1, -0.05) is 22.0 Å². The summed E-state index contributed by atoms with van der Waals surface area (Å²) in [5.41, 5.74) is 2.08. The Morgan fingerprint density at radius 2 is 2.05 bits per heavy atom. The fourth-order valence-corrected chi connectivity index (χ4v) is 3.89. The fourth-order valence-electron chi connectivity index (χ4n) is 2.58. The molecule has 1 N–H and O–H groups in total. The molecule has 3 rings (SSSR count). The van der Waals surface area contributed by atoms with Crippen molar-refractivity contribution in [3.8, 4) is 5.75 Å². The van der Waals surface area contributed by atoms with E-state index in [1.54, 1.807) is 11.3 Å². The topological polar surface area (TPSA) is 29.5 Å². The fraction of sp³-hybridized carbons (Fsp3) is 0.333. The predicted molar refractivity (Wildman–Crippen MR) is 80.9 cm³/mol. The SMILES string of the molecule is Cc1cc(C2C[C@@H](O)c3ccc(Br)cc3O2)c(C)s1. The van der Waals surface area contributed by atoms with Crippen molar-refractivity contribution in [1.82, 2.24) is 0 Å². The lowest BCUT2D eigenvalue weighted by Crippen LogP contribution is -2.19. The summed E-state index contributed by atoms with van der Waals surface area (Å²) in [4.78, 5) is 2.55. The molecule has 0 radical (unpaired) electrons. The van der Waals surface area contributed by atoms with Gasteiger partial charge in [0, 0.05) is 31.8 Å². The van der Waals surface area contributed by atoms with Crippen LogP contribution in [-0.2, 0) is 0 Å². The number of thiophene rings is 1. The molecule has 0 aliphatic carbocycles. The van der Waals surface area contributed by atoms with Gasteiger partial charge in [-0.05, 0) is 32.0 Å². The normalized spacial score (nSPS) is 21.9. The maximum absolute atomic E-state index is 10.3. The van der Waals surface area contributed by atoms with Crippen LogP contribution in [0.1, 0.15) is 39.5 Å². The van der Waals surface area contributed by atoms with Gasteiger partial charge in [-0.25, -0.2) is 0 Å². The second-order valence-electron chi connectivity index (χ2n) is 4.91. The second kappa shape index (κ2) is 4.93. The molecule has 0 fully saturated rings. The molecule has 0 saturated carbocycles. The number of benzene rings is 1.